The number of unbranched alkanes of at least 4 members (excludes halogenated alkanes) is 1. The number of nitrogens with one attached hydrogen (secondary N) is 2. The first kappa shape index (κ1) is 15.8. The van der Waals surface area contributed by atoms with Crippen molar-refractivity contribution in [2.45, 2.75) is 25.3 Å². The lowest BCUT2D eigenvalue weighted by atomic mass is 10.2. The van der Waals surface area contributed by atoms with Crippen molar-refractivity contribution in [3.8, 4) is 0 Å². The lowest BCUT2D eigenvalue weighted by molar-refractivity contribution is -0.121. The summed E-state index contributed by atoms with van der Waals surface area (Å²) in [6.45, 7) is 1.13. The summed E-state index contributed by atoms with van der Waals surface area (Å²) < 4.78 is 22.8. The summed E-state index contributed by atoms with van der Waals surface area (Å²) in [6.07, 6.45) is 4.38. The van der Waals surface area contributed by atoms with E-state index >= 15 is 0 Å². The maximum Gasteiger partial charge on any atom is 0.221 e. The first-order valence-electron chi connectivity index (χ1n) is 6.23. The highest BCUT2D eigenvalue weighted by Gasteiger charge is 2.25. The van der Waals surface area contributed by atoms with E-state index in [4.69, 9.17) is 0 Å². The molecular formula is C11H22N2O3S2. The highest BCUT2D eigenvalue weighted by Crippen LogP contribution is 2.05. The van der Waals surface area contributed by atoms with Crippen LogP contribution in [0.5, 0.6) is 0 Å². The molecule has 106 valence electrons. The van der Waals surface area contributed by atoms with Gasteiger partial charge in [0.15, 0.2) is 9.84 Å². The molecule has 1 unspecified atom stereocenters. The van der Waals surface area contributed by atoms with Gasteiger partial charge in [-0.25, -0.2) is 8.42 Å². The second kappa shape index (κ2) is 8.01. The summed E-state index contributed by atoms with van der Waals surface area (Å²) in [4.78, 5) is 11.6. The molecule has 1 atom stereocenters. The Morgan fingerprint density at radius 3 is 2.89 bits per heavy atom. The topological polar surface area (TPSA) is 75.3 Å². The van der Waals surface area contributed by atoms with E-state index < -0.39 is 9.84 Å². The Morgan fingerprint density at radius 2 is 2.22 bits per heavy atom. The number of carbonyl (C=O) groups excluding carboxylic acids is 1. The zero-order valence-corrected chi connectivity index (χ0v) is 12.4. The molecule has 1 rings (SSSR count). The fourth-order valence-corrected chi connectivity index (χ4v) is 3.83. The number of sulfone groups is 1. The summed E-state index contributed by atoms with van der Waals surface area (Å²) in [7, 11) is -2.96. The fraction of sp³-hybridized carbons (Fsp3) is 0.909. The van der Waals surface area contributed by atoms with Crippen molar-refractivity contribution < 1.29 is 13.2 Å². The van der Waals surface area contributed by atoms with Crippen molar-refractivity contribution in [1.82, 2.24) is 10.6 Å². The maximum absolute atomic E-state index is 11.6. The first-order valence-corrected chi connectivity index (χ1v) is 9.44. The van der Waals surface area contributed by atoms with Gasteiger partial charge in [0.05, 0.1) is 11.5 Å². The molecule has 1 heterocycles. The lowest BCUT2D eigenvalue weighted by Gasteiger charge is -2.23. The summed E-state index contributed by atoms with van der Waals surface area (Å²) in [5.41, 5.74) is 0. The minimum atomic E-state index is -2.96. The molecule has 0 saturated carbocycles. The van der Waals surface area contributed by atoms with E-state index in [2.05, 4.69) is 16.9 Å². The highest BCUT2D eigenvalue weighted by molar-refractivity contribution is 7.98. The Bertz CT molecular complexity index is 357. The Kier molecular flexibility index (Phi) is 7.03. The molecule has 7 heteroatoms. The molecule has 0 aromatic rings. The number of hydrogen-bond acceptors (Lipinski definition) is 5. The second-order valence-electron chi connectivity index (χ2n) is 4.52. The Balaban J connectivity index is 2.16. The molecule has 0 spiro atoms. The van der Waals surface area contributed by atoms with Crippen molar-refractivity contribution >= 4 is 27.5 Å². The summed E-state index contributed by atoms with van der Waals surface area (Å²) >= 11 is 1.80. The maximum atomic E-state index is 11.6. The van der Waals surface area contributed by atoms with E-state index in [1.54, 1.807) is 11.8 Å². The molecule has 18 heavy (non-hydrogen) atoms. The van der Waals surface area contributed by atoms with Gasteiger partial charge in [0.1, 0.15) is 0 Å². The molecule has 1 fully saturated rings. The van der Waals surface area contributed by atoms with Crippen LogP contribution in [0.4, 0.5) is 0 Å². The molecule has 0 aromatic carbocycles. The van der Waals surface area contributed by atoms with Gasteiger partial charge in [0.25, 0.3) is 0 Å². The monoisotopic (exact) mass is 294 g/mol. The van der Waals surface area contributed by atoms with Crippen LogP contribution in [0, 0.1) is 0 Å². The Labute approximate surface area is 113 Å². The van der Waals surface area contributed by atoms with Crippen molar-refractivity contribution in [2.75, 3.05) is 36.6 Å². The number of amides is 1. The van der Waals surface area contributed by atoms with Crippen molar-refractivity contribution in [2.24, 2.45) is 0 Å². The number of thioether (sulfide) groups is 1. The van der Waals surface area contributed by atoms with Crippen LogP contribution in [-0.2, 0) is 14.6 Å². The number of rotatable bonds is 7. The standard InChI is InChI=1S/C11H22N2O3S2/c1-17-6-3-2-4-13-11(14)8-10-9-18(15,16)7-5-12-10/h10,12H,2-9H2,1H3,(H,13,14). The van der Waals surface area contributed by atoms with Crippen molar-refractivity contribution in [3.63, 3.8) is 0 Å². The van der Waals surface area contributed by atoms with Gasteiger partial charge in [-0.05, 0) is 24.9 Å². The molecule has 1 aliphatic heterocycles. The van der Waals surface area contributed by atoms with Crippen LogP contribution in [0.15, 0.2) is 0 Å². The Morgan fingerprint density at radius 1 is 1.44 bits per heavy atom. The summed E-state index contributed by atoms with van der Waals surface area (Å²) in [5, 5.41) is 5.91. The molecule has 5 nitrogen and oxygen atoms in total. The zero-order chi connectivity index (χ0) is 13.4. The molecule has 1 saturated heterocycles. The average molecular weight is 294 g/mol. The first-order chi connectivity index (χ1) is 8.53. The summed E-state index contributed by atoms with van der Waals surface area (Å²) in [5.74, 6) is 1.30. The number of hydrogen-bond donors (Lipinski definition) is 2. The third-order valence-corrected chi connectivity index (χ3v) is 5.26. The van der Waals surface area contributed by atoms with Gasteiger partial charge in [-0.1, -0.05) is 0 Å². The van der Waals surface area contributed by atoms with Crippen LogP contribution in [0.2, 0.25) is 0 Å². The molecule has 2 N–H and O–H groups in total. The largest absolute Gasteiger partial charge is 0.356 e. The van der Waals surface area contributed by atoms with Crippen LogP contribution >= 0.6 is 11.8 Å². The van der Waals surface area contributed by atoms with Gasteiger partial charge < -0.3 is 10.6 Å². The third-order valence-electron chi connectivity index (χ3n) is 2.83. The van der Waals surface area contributed by atoms with Crippen molar-refractivity contribution in [1.29, 1.82) is 0 Å². The molecule has 0 radical (unpaired) electrons. The van der Waals surface area contributed by atoms with Gasteiger partial charge in [-0.3, -0.25) is 4.79 Å². The molecule has 0 bridgehead atoms. The van der Waals surface area contributed by atoms with Crippen LogP contribution in [0.25, 0.3) is 0 Å². The van der Waals surface area contributed by atoms with Gasteiger partial charge in [0, 0.05) is 25.6 Å². The van der Waals surface area contributed by atoms with E-state index in [0.717, 1.165) is 18.6 Å². The highest BCUT2D eigenvalue weighted by atomic mass is 32.2. The van der Waals surface area contributed by atoms with E-state index in [1.165, 1.54) is 0 Å². The minimum absolute atomic E-state index is 0.0613. The summed E-state index contributed by atoms with van der Waals surface area (Å²) in [6, 6.07) is -0.227. The van der Waals surface area contributed by atoms with E-state index in [9.17, 15) is 13.2 Å². The quantitative estimate of drug-likeness (QED) is 0.648. The minimum Gasteiger partial charge on any atom is -0.356 e. The molecule has 0 aliphatic carbocycles. The normalized spacial score (nSPS) is 22.6. The van der Waals surface area contributed by atoms with E-state index in [-0.39, 0.29) is 29.9 Å². The Hall–Kier alpha value is -0.270. The number of carbonyl (C=O) groups is 1. The van der Waals surface area contributed by atoms with Gasteiger partial charge >= 0.3 is 0 Å². The zero-order valence-electron chi connectivity index (χ0n) is 10.8. The van der Waals surface area contributed by atoms with Crippen molar-refractivity contribution in [3.05, 3.63) is 0 Å². The van der Waals surface area contributed by atoms with Gasteiger partial charge in [0.2, 0.25) is 5.91 Å². The molecule has 0 aromatic heterocycles. The van der Waals surface area contributed by atoms with E-state index in [0.29, 0.717) is 13.1 Å². The van der Waals surface area contributed by atoms with Gasteiger partial charge in [-0.15, -0.1) is 0 Å². The molecular weight excluding hydrogens is 272 g/mol. The third kappa shape index (κ3) is 6.61. The molecule has 1 aliphatic rings. The predicted octanol–water partition coefficient (Wildman–Crippen LogP) is 0.0225. The lowest BCUT2D eigenvalue weighted by Crippen LogP contribution is -2.47. The van der Waals surface area contributed by atoms with Gasteiger partial charge in [-0.2, -0.15) is 11.8 Å². The van der Waals surface area contributed by atoms with Crippen LogP contribution in [-0.4, -0.2) is 57.0 Å². The fourth-order valence-electron chi connectivity index (χ4n) is 1.89. The van der Waals surface area contributed by atoms with Crippen LogP contribution < -0.4 is 10.6 Å². The second-order valence-corrected chi connectivity index (χ2v) is 7.73. The molecule has 1 amide bonds. The van der Waals surface area contributed by atoms with Crippen LogP contribution in [0.3, 0.4) is 0 Å². The SMILES string of the molecule is CSCCCCNC(=O)CC1CS(=O)(=O)CCN1. The van der Waals surface area contributed by atoms with E-state index in [1.807, 2.05) is 0 Å². The average Bonchev–Trinajstić information content (AvgIpc) is 2.27. The smallest absolute Gasteiger partial charge is 0.221 e. The van der Waals surface area contributed by atoms with Crippen LogP contribution in [0.1, 0.15) is 19.3 Å². The predicted molar refractivity (Wildman–Crippen MR) is 75.7 cm³/mol.